The molecule has 1 fully saturated rings. The summed E-state index contributed by atoms with van der Waals surface area (Å²) in [7, 11) is -1.74. The minimum atomic E-state index is -3.67. The number of ketones is 1. The number of aliphatic carboxylic acids is 1. The first-order valence-corrected chi connectivity index (χ1v) is 11.9. The standard InChI is InChI=1S/C24H23FN2O5S/c1-26-8-10-27(11-9-26)33(31,32)20-6-3-17(4-7-20)24(30)22-13-16(14-23(28)29)12-18-2-5-19(25)15-21(18)22/h2-7,12-13,15H,8-11,14H2,1H3,(H,28,29). The number of hydrogen-bond acceptors (Lipinski definition) is 5. The fourth-order valence-electron chi connectivity index (χ4n) is 3.97. The molecule has 3 aromatic rings. The molecule has 9 heteroatoms. The van der Waals surface area contributed by atoms with Gasteiger partial charge < -0.3 is 10.0 Å². The Morgan fingerprint density at radius 2 is 1.64 bits per heavy atom. The molecule has 0 atom stereocenters. The van der Waals surface area contributed by atoms with Crippen LogP contribution in [0.3, 0.4) is 0 Å². The molecule has 0 aliphatic carbocycles. The summed E-state index contributed by atoms with van der Waals surface area (Å²) in [5, 5.41) is 10.1. The highest BCUT2D eigenvalue weighted by molar-refractivity contribution is 7.89. The summed E-state index contributed by atoms with van der Waals surface area (Å²) < 4.78 is 41.2. The highest BCUT2D eigenvalue weighted by Gasteiger charge is 2.27. The van der Waals surface area contributed by atoms with Crippen molar-refractivity contribution in [1.82, 2.24) is 9.21 Å². The molecule has 0 radical (unpaired) electrons. The lowest BCUT2D eigenvalue weighted by Gasteiger charge is -2.31. The third kappa shape index (κ3) is 4.80. The zero-order valence-electron chi connectivity index (χ0n) is 18.0. The highest BCUT2D eigenvalue weighted by atomic mass is 32.2. The van der Waals surface area contributed by atoms with E-state index >= 15 is 0 Å². The summed E-state index contributed by atoms with van der Waals surface area (Å²) in [5.74, 6) is -2.01. The number of halogens is 1. The van der Waals surface area contributed by atoms with Crippen LogP contribution in [0, 0.1) is 5.82 Å². The number of fused-ring (bicyclic) bond motifs is 1. The molecule has 4 rings (SSSR count). The van der Waals surface area contributed by atoms with Gasteiger partial charge in [-0.25, -0.2) is 12.8 Å². The van der Waals surface area contributed by atoms with E-state index in [-0.39, 0.29) is 22.4 Å². The smallest absolute Gasteiger partial charge is 0.307 e. The van der Waals surface area contributed by atoms with Crippen LogP contribution in [0.1, 0.15) is 21.5 Å². The van der Waals surface area contributed by atoms with E-state index in [0.717, 1.165) is 0 Å². The van der Waals surface area contributed by atoms with Crippen LogP contribution in [0.5, 0.6) is 0 Å². The Balaban J connectivity index is 1.68. The number of carboxylic acid groups (broad SMARTS) is 1. The van der Waals surface area contributed by atoms with Crippen LogP contribution in [0.4, 0.5) is 4.39 Å². The molecular formula is C24H23FN2O5S. The molecule has 1 heterocycles. The Morgan fingerprint density at radius 1 is 0.970 bits per heavy atom. The highest BCUT2D eigenvalue weighted by Crippen LogP contribution is 2.26. The molecular weight excluding hydrogens is 447 g/mol. The van der Waals surface area contributed by atoms with Crippen molar-refractivity contribution in [2.75, 3.05) is 33.2 Å². The van der Waals surface area contributed by atoms with Crippen molar-refractivity contribution in [3.8, 4) is 0 Å². The van der Waals surface area contributed by atoms with Gasteiger partial charge in [0.2, 0.25) is 10.0 Å². The SMILES string of the molecule is CN1CCN(S(=O)(=O)c2ccc(C(=O)c3cc(CC(=O)O)cc4ccc(F)cc34)cc2)CC1. The molecule has 0 saturated carbocycles. The first-order chi connectivity index (χ1) is 15.6. The number of carbonyl (C=O) groups is 2. The lowest BCUT2D eigenvalue weighted by Crippen LogP contribution is -2.47. The fourth-order valence-corrected chi connectivity index (χ4v) is 5.39. The van der Waals surface area contributed by atoms with Gasteiger partial charge in [-0.3, -0.25) is 9.59 Å². The molecule has 0 spiro atoms. The van der Waals surface area contributed by atoms with Gasteiger partial charge >= 0.3 is 5.97 Å². The summed E-state index contributed by atoms with van der Waals surface area (Å²) in [6.07, 6.45) is -0.282. The number of carbonyl (C=O) groups excluding carboxylic acids is 1. The van der Waals surface area contributed by atoms with E-state index in [1.165, 1.54) is 52.8 Å². The Labute approximate surface area is 191 Å². The van der Waals surface area contributed by atoms with E-state index < -0.39 is 27.6 Å². The van der Waals surface area contributed by atoms with Crippen LogP contribution in [-0.4, -0.2) is 67.7 Å². The van der Waals surface area contributed by atoms with Gasteiger partial charge in [-0.1, -0.05) is 12.1 Å². The molecule has 0 unspecified atom stereocenters. The number of nitrogens with zero attached hydrogens (tertiary/aromatic N) is 2. The topological polar surface area (TPSA) is 95.0 Å². The summed E-state index contributed by atoms with van der Waals surface area (Å²) in [5.41, 5.74) is 0.808. The van der Waals surface area contributed by atoms with Crippen LogP contribution < -0.4 is 0 Å². The normalized spacial score (nSPS) is 15.6. The fraction of sp³-hybridized carbons (Fsp3) is 0.250. The van der Waals surface area contributed by atoms with E-state index in [1.807, 2.05) is 7.05 Å². The zero-order chi connectivity index (χ0) is 23.8. The number of benzene rings is 3. The van der Waals surface area contributed by atoms with Crippen molar-refractivity contribution in [2.45, 2.75) is 11.3 Å². The Kier molecular flexibility index (Phi) is 6.29. The van der Waals surface area contributed by atoms with E-state index in [1.54, 1.807) is 6.07 Å². The molecule has 0 aromatic heterocycles. The van der Waals surface area contributed by atoms with Gasteiger partial charge in [0.25, 0.3) is 0 Å². The van der Waals surface area contributed by atoms with E-state index in [4.69, 9.17) is 5.11 Å². The van der Waals surface area contributed by atoms with Gasteiger partial charge in [-0.05, 0) is 65.8 Å². The lowest BCUT2D eigenvalue weighted by molar-refractivity contribution is -0.136. The maximum absolute atomic E-state index is 13.9. The first-order valence-electron chi connectivity index (χ1n) is 10.4. The average Bonchev–Trinajstić information content (AvgIpc) is 2.78. The van der Waals surface area contributed by atoms with E-state index in [0.29, 0.717) is 42.5 Å². The number of piperazine rings is 1. The lowest BCUT2D eigenvalue weighted by atomic mass is 9.94. The van der Waals surface area contributed by atoms with Crippen LogP contribution in [-0.2, 0) is 21.2 Å². The van der Waals surface area contributed by atoms with Crippen molar-refractivity contribution in [2.24, 2.45) is 0 Å². The molecule has 3 aromatic carbocycles. The van der Waals surface area contributed by atoms with E-state index in [9.17, 15) is 22.4 Å². The van der Waals surface area contributed by atoms with Crippen molar-refractivity contribution >= 4 is 32.5 Å². The van der Waals surface area contributed by atoms with Crippen LogP contribution in [0.25, 0.3) is 10.8 Å². The third-order valence-electron chi connectivity index (χ3n) is 5.79. The zero-order valence-corrected chi connectivity index (χ0v) is 18.8. The molecule has 0 bridgehead atoms. The van der Waals surface area contributed by atoms with Crippen LogP contribution >= 0.6 is 0 Å². The Hall–Kier alpha value is -3.14. The first kappa shape index (κ1) is 23.0. The van der Waals surface area contributed by atoms with E-state index in [2.05, 4.69) is 4.90 Å². The molecule has 0 amide bonds. The largest absolute Gasteiger partial charge is 0.481 e. The van der Waals surface area contributed by atoms with Gasteiger partial charge in [0.05, 0.1) is 11.3 Å². The molecule has 7 nitrogen and oxygen atoms in total. The van der Waals surface area contributed by atoms with Gasteiger partial charge in [0.15, 0.2) is 5.78 Å². The van der Waals surface area contributed by atoms with Crippen molar-refractivity contribution in [3.05, 3.63) is 77.1 Å². The van der Waals surface area contributed by atoms with Crippen molar-refractivity contribution in [3.63, 3.8) is 0 Å². The maximum atomic E-state index is 13.9. The number of hydrogen-bond donors (Lipinski definition) is 1. The van der Waals surface area contributed by atoms with Crippen LogP contribution in [0.15, 0.2) is 59.5 Å². The Morgan fingerprint density at radius 3 is 2.27 bits per heavy atom. The Bertz CT molecular complexity index is 1330. The predicted octanol–water partition coefficient (Wildman–Crippen LogP) is 2.77. The minimum absolute atomic E-state index is 0.0964. The maximum Gasteiger partial charge on any atom is 0.307 e. The van der Waals surface area contributed by atoms with Crippen molar-refractivity contribution in [1.29, 1.82) is 0 Å². The molecule has 1 aliphatic heterocycles. The number of rotatable bonds is 6. The summed E-state index contributed by atoms with van der Waals surface area (Å²) in [6.45, 7) is 2.08. The summed E-state index contributed by atoms with van der Waals surface area (Å²) in [4.78, 5) is 26.6. The number of sulfonamides is 1. The summed E-state index contributed by atoms with van der Waals surface area (Å²) in [6, 6.07) is 12.7. The number of likely N-dealkylation sites (N-methyl/N-ethyl adjacent to an activating group) is 1. The van der Waals surface area contributed by atoms with Gasteiger partial charge in [-0.2, -0.15) is 4.31 Å². The third-order valence-corrected chi connectivity index (χ3v) is 7.71. The summed E-state index contributed by atoms with van der Waals surface area (Å²) >= 11 is 0. The van der Waals surface area contributed by atoms with Crippen molar-refractivity contribution < 1.29 is 27.5 Å². The van der Waals surface area contributed by atoms with Gasteiger partial charge in [0, 0.05) is 37.3 Å². The molecule has 1 N–H and O–H groups in total. The molecule has 33 heavy (non-hydrogen) atoms. The second-order valence-electron chi connectivity index (χ2n) is 8.14. The second-order valence-corrected chi connectivity index (χ2v) is 10.1. The monoisotopic (exact) mass is 470 g/mol. The van der Waals surface area contributed by atoms with Crippen LogP contribution in [0.2, 0.25) is 0 Å². The molecule has 172 valence electrons. The molecule has 1 saturated heterocycles. The number of carboxylic acids is 1. The second kappa shape index (κ2) is 9.01. The minimum Gasteiger partial charge on any atom is -0.481 e. The molecule has 1 aliphatic rings. The van der Waals surface area contributed by atoms with Gasteiger partial charge in [-0.15, -0.1) is 0 Å². The predicted molar refractivity (Wildman–Crippen MR) is 121 cm³/mol. The van der Waals surface area contributed by atoms with Gasteiger partial charge in [0.1, 0.15) is 5.82 Å². The average molecular weight is 471 g/mol. The quantitative estimate of drug-likeness (QED) is 0.557.